The summed E-state index contributed by atoms with van der Waals surface area (Å²) in [5.41, 5.74) is 1.53. The third-order valence-electron chi connectivity index (χ3n) is 4.14. The third kappa shape index (κ3) is 2.60. The predicted octanol–water partition coefficient (Wildman–Crippen LogP) is 0.660. The monoisotopic (exact) mass is 344 g/mol. The van der Waals surface area contributed by atoms with Crippen molar-refractivity contribution < 1.29 is 8.42 Å². The first kappa shape index (κ1) is 15.0. The van der Waals surface area contributed by atoms with Gasteiger partial charge in [-0.15, -0.1) is 0 Å². The van der Waals surface area contributed by atoms with Crippen LogP contribution in [-0.2, 0) is 16.9 Å². The van der Waals surface area contributed by atoms with E-state index in [1.54, 1.807) is 23.3 Å². The second kappa shape index (κ2) is 5.52. The molecule has 0 aromatic carbocycles. The van der Waals surface area contributed by atoms with Gasteiger partial charge < -0.3 is 4.90 Å². The van der Waals surface area contributed by atoms with Gasteiger partial charge in [-0.25, -0.2) is 18.4 Å². The number of sulfone groups is 1. The van der Waals surface area contributed by atoms with Crippen LogP contribution in [-0.4, -0.2) is 57.7 Å². The number of anilines is 1. The molecule has 1 aliphatic rings. The molecule has 0 radical (unpaired) electrons. The zero-order valence-electron chi connectivity index (χ0n) is 13.1. The van der Waals surface area contributed by atoms with Gasteiger partial charge >= 0.3 is 0 Å². The minimum atomic E-state index is -2.95. The summed E-state index contributed by atoms with van der Waals surface area (Å²) in [5.74, 6) is 1.56. The first-order valence-corrected chi connectivity index (χ1v) is 9.41. The van der Waals surface area contributed by atoms with Crippen molar-refractivity contribution in [2.24, 2.45) is 7.05 Å². The van der Waals surface area contributed by atoms with Crippen LogP contribution in [0.15, 0.2) is 30.7 Å². The maximum Gasteiger partial charge on any atom is 0.165 e. The van der Waals surface area contributed by atoms with Crippen LogP contribution in [0.4, 0.5) is 5.82 Å². The highest BCUT2D eigenvalue weighted by Gasteiger charge is 2.25. The fourth-order valence-corrected chi connectivity index (χ4v) is 4.00. The summed E-state index contributed by atoms with van der Waals surface area (Å²) in [6.45, 7) is 0.853. The van der Waals surface area contributed by atoms with Gasteiger partial charge in [0.15, 0.2) is 21.3 Å². The van der Waals surface area contributed by atoms with Gasteiger partial charge in [0.2, 0.25) is 0 Å². The lowest BCUT2D eigenvalue weighted by Crippen LogP contribution is -2.40. The molecule has 0 N–H and O–H groups in total. The van der Waals surface area contributed by atoms with Crippen LogP contribution < -0.4 is 4.90 Å². The van der Waals surface area contributed by atoms with E-state index in [2.05, 4.69) is 20.1 Å². The molecule has 1 fully saturated rings. The number of nitrogens with zero attached hydrogens (tertiary/aromatic N) is 6. The molecule has 3 aromatic heterocycles. The van der Waals surface area contributed by atoms with Crippen molar-refractivity contribution in [3.05, 3.63) is 30.7 Å². The largest absolute Gasteiger partial charge is 0.354 e. The molecule has 1 saturated heterocycles. The summed E-state index contributed by atoms with van der Waals surface area (Å²) < 4.78 is 25.1. The van der Waals surface area contributed by atoms with Crippen molar-refractivity contribution in [2.45, 2.75) is 0 Å². The molecular formula is C15H16N6O2S. The molecule has 24 heavy (non-hydrogen) atoms. The van der Waals surface area contributed by atoms with Crippen LogP contribution in [0, 0.1) is 0 Å². The molecule has 0 amide bonds. The summed E-state index contributed by atoms with van der Waals surface area (Å²) >= 11 is 0. The van der Waals surface area contributed by atoms with Crippen molar-refractivity contribution in [3.8, 4) is 11.4 Å². The molecule has 124 valence electrons. The first-order chi connectivity index (χ1) is 11.5. The van der Waals surface area contributed by atoms with Crippen molar-refractivity contribution in [1.29, 1.82) is 0 Å². The lowest BCUT2D eigenvalue weighted by molar-refractivity contribution is 0.586. The zero-order chi connectivity index (χ0) is 16.7. The first-order valence-electron chi connectivity index (χ1n) is 7.59. The third-order valence-corrected chi connectivity index (χ3v) is 5.74. The highest BCUT2D eigenvalue weighted by Crippen LogP contribution is 2.27. The Bertz CT molecular complexity index is 985. The average Bonchev–Trinajstić information content (AvgIpc) is 2.96. The van der Waals surface area contributed by atoms with Gasteiger partial charge in [-0.1, -0.05) is 0 Å². The smallest absolute Gasteiger partial charge is 0.165 e. The van der Waals surface area contributed by atoms with Crippen molar-refractivity contribution >= 4 is 26.7 Å². The van der Waals surface area contributed by atoms with Crippen LogP contribution in [0.1, 0.15) is 0 Å². The van der Waals surface area contributed by atoms with Gasteiger partial charge in [0, 0.05) is 38.1 Å². The minimum absolute atomic E-state index is 0.140. The molecule has 4 heterocycles. The molecule has 8 nitrogen and oxygen atoms in total. The van der Waals surface area contributed by atoms with Gasteiger partial charge in [-0.3, -0.25) is 9.67 Å². The van der Waals surface area contributed by atoms with E-state index in [0.29, 0.717) is 24.6 Å². The van der Waals surface area contributed by atoms with E-state index >= 15 is 0 Å². The Morgan fingerprint density at radius 1 is 1.12 bits per heavy atom. The maximum atomic E-state index is 11.7. The maximum absolute atomic E-state index is 11.7. The predicted molar refractivity (Wildman–Crippen MR) is 90.4 cm³/mol. The van der Waals surface area contributed by atoms with Crippen molar-refractivity contribution in [2.75, 3.05) is 29.5 Å². The summed E-state index contributed by atoms with van der Waals surface area (Å²) in [7, 11) is -1.12. The molecule has 0 spiro atoms. The molecule has 0 saturated carbocycles. The molecule has 1 aliphatic heterocycles. The van der Waals surface area contributed by atoms with E-state index < -0.39 is 9.84 Å². The summed E-state index contributed by atoms with van der Waals surface area (Å²) in [5, 5.41) is 5.09. The Balaban J connectivity index is 1.85. The summed E-state index contributed by atoms with van der Waals surface area (Å²) in [4.78, 5) is 15.4. The summed E-state index contributed by atoms with van der Waals surface area (Å²) in [6.07, 6.45) is 5.13. The number of hydrogen-bond acceptors (Lipinski definition) is 7. The van der Waals surface area contributed by atoms with Gasteiger partial charge in [-0.2, -0.15) is 5.10 Å². The Kier molecular flexibility index (Phi) is 3.45. The van der Waals surface area contributed by atoms with E-state index in [9.17, 15) is 8.42 Å². The number of pyridine rings is 1. The van der Waals surface area contributed by atoms with E-state index in [-0.39, 0.29) is 11.5 Å². The molecule has 0 unspecified atom stereocenters. The Hall–Kier alpha value is -2.55. The van der Waals surface area contributed by atoms with Crippen LogP contribution in [0.25, 0.3) is 22.4 Å². The highest BCUT2D eigenvalue weighted by molar-refractivity contribution is 7.91. The fourth-order valence-electron chi connectivity index (χ4n) is 2.80. The van der Waals surface area contributed by atoms with Gasteiger partial charge in [0.1, 0.15) is 5.82 Å². The molecular weight excluding hydrogens is 328 g/mol. The van der Waals surface area contributed by atoms with E-state index in [1.165, 1.54) is 0 Å². The van der Waals surface area contributed by atoms with Crippen molar-refractivity contribution in [3.63, 3.8) is 0 Å². The second-order valence-electron chi connectivity index (χ2n) is 5.76. The lowest BCUT2D eigenvalue weighted by Gasteiger charge is -2.28. The quantitative estimate of drug-likeness (QED) is 0.674. The molecule has 9 heteroatoms. The zero-order valence-corrected chi connectivity index (χ0v) is 13.9. The molecule has 0 bridgehead atoms. The number of fused-ring (bicyclic) bond motifs is 1. The second-order valence-corrected chi connectivity index (χ2v) is 8.06. The normalized spacial score (nSPS) is 17.3. The average molecular weight is 344 g/mol. The fraction of sp³-hybridized carbons (Fsp3) is 0.333. The number of rotatable bonds is 2. The van der Waals surface area contributed by atoms with Crippen LogP contribution in [0.2, 0.25) is 0 Å². The SMILES string of the molecule is Cn1ncc2c(N3CCS(=O)(=O)CC3)nc(-c3cccnc3)nc21. The minimum Gasteiger partial charge on any atom is -0.354 e. The Morgan fingerprint density at radius 2 is 1.92 bits per heavy atom. The van der Waals surface area contributed by atoms with Crippen molar-refractivity contribution in [1.82, 2.24) is 24.7 Å². The van der Waals surface area contributed by atoms with E-state index in [1.807, 2.05) is 24.1 Å². The van der Waals surface area contributed by atoms with Crippen LogP contribution >= 0.6 is 0 Å². The summed E-state index contributed by atoms with van der Waals surface area (Å²) in [6, 6.07) is 3.73. The lowest BCUT2D eigenvalue weighted by atomic mass is 10.2. The van der Waals surface area contributed by atoms with E-state index in [4.69, 9.17) is 0 Å². The highest BCUT2D eigenvalue weighted by atomic mass is 32.2. The van der Waals surface area contributed by atoms with Gasteiger partial charge in [0.25, 0.3) is 0 Å². The van der Waals surface area contributed by atoms with Gasteiger partial charge in [0.05, 0.1) is 23.1 Å². The Labute approximate surface area is 139 Å². The van der Waals surface area contributed by atoms with E-state index in [0.717, 1.165) is 16.8 Å². The van der Waals surface area contributed by atoms with Crippen LogP contribution in [0.5, 0.6) is 0 Å². The van der Waals surface area contributed by atoms with Crippen LogP contribution in [0.3, 0.4) is 0 Å². The topological polar surface area (TPSA) is 93.9 Å². The number of hydrogen-bond donors (Lipinski definition) is 0. The molecule has 0 aliphatic carbocycles. The molecule has 3 aromatic rings. The molecule has 0 atom stereocenters. The molecule has 4 rings (SSSR count). The standard InChI is InChI=1S/C15H16N6O2S/c1-20-14-12(10-17-20)15(21-5-7-24(22,23)8-6-21)19-13(18-14)11-3-2-4-16-9-11/h2-4,9-10H,5-8H2,1H3. The Morgan fingerprint density at radius 3 is 2.62 bits per heavy atom. The van der Waals surface area contributed by atoms with Gasteiger partial charge in [-0.05, 0) is 12.1 Å². The number of aryl methyl sites for hydroxylation is 1. The number of aromatic nitrogens is 5.